The van der Waals surface area contributed by atoms with Crippen molar-refractivity contribution in [3.8, 4) is 0 Å². The standard InChI is InChI=1S/C17H18ClN3O4S/c1-11-13(18)7-5-9-15(11)21(26(2,24)25)10-16(22)20-14-8-4-3-6-12(14)17(19)23/h3-9H,10H2,1-2H3,(H2,19,23)(H,20,22). The summed E-state index contributed by atoms with van der Waals surface area (Å²) in [5.74, 6) is -1.32. The number of carbonyl (C=O) groups excluding carboxylic acids is 2. The van der Waals surface area contributed by atoms with E-state index in [9.17, 15) is 18.0 Å². The van der Waals surface area contributed by atoms with Gasteiger partial charge in [0.15, 0.2) is 0 Å². The summed E-state index contributed by atoms with van der Waals surface area (Å²) in [6, 6.07) is 11.0. The number of para-hydroxylation sites is 1. The number of benzene rings is 2. The van der Waals surface area contributed by atoms with Crippen molar-refractivity contribution in [2.45, 2.75) is 6.92 Å². The Labute approximate surface area is 156 Å². The lowest BCUT2D eigenvalue weighted by atomic mass is 10.1. The molecular formula is C17H18ClN3O4S. The fourth-order valence-corrected chi connectivity index (χ4v) is 3.45. The number of nitrogens with two attached hydrogens (primary N) is 1. The van der Waals surface area contributed by atoms with Gasteiger partial charge in [0.2, 0.25) is 15.9 Å². The van der Waals surface area contributed by atoms with Crippen LogP contribution in [0, 0.1) is 6.92 Å². The quantitative estimate of drug-likeness (QED) is 0.780. The van der Waals surface area contributed by atoms with Crippen LogP contribution < -0.4 is 15.4 Å². The van der Waals surface area contributed by atoms with E-state index in [1.807, 2.05) is 0 Å². The van der Waals surface area contributed by atoms with E-state index in [0.29, 0.717) is 16.3 Å². The van der Waals surface area contributed by atoms with Crippen molar-refractivity contribution in [3.63, 3.8) is 0 Å². The summed E-state index contributed by atoms with van der Waals surface area (Å²) < 4.78 is 25.3. The SMILES string of the molecule is Cc1c(Cl)cccc1N(CC(=O)Nc1ccccc1C(N)=O)S(C)(=O)=O. The number of hydrogen-bond acceptors (Lipinski definition) is 4. The summed E-state index contributed by atoms with van der Waals surface area (Å²) in [5, 5.41) is 2.90. The number of anilines is 2. The summed E-state index contributed by atoms with van der Waals surface area (Å²) in [4.78, 5) is 23.8. The number of carbonyl (C=O) groups is 2. The molecule has 2 aromatic carbocycles. The average Bonchev–Trinajstić information content (AvgIpc) is 2.55. The summed E-state index contributed by atoms with van der Waals surface area (Å²) in [7, 11) is -3.75. The third-order valence-corrected chi connectivity index (χ3v) is 5.20. The minimum Gasteiger partial charge on any atom is -0.366 e. The number of nitrogens with one attached hydrogen (secondary N) is 1. The Bertz CT molecular complexity index is 960. The van der Waals surface area contributed by atoms with Crippen LogP contribution in [-0.2, 0) is 14.8 Å². The largest absolute Gasteiger partial charge is 0.366 e. The van der Waals surface area contributed by atoms with Gasteiger partial charge in [-0.15, -0.1) is 0 Å². The van der Waals surface area contributed by atoms with Crippen LogP contribution in [0.1, 0.15) is 15.9 Å². The molecule has 9 heteroatoms. The van der Waals surface area contributed by atoms with Crippen LogP contribution in [0.15, 0.2) is 42.5 Å². The van der Waals surface area contributed by atoms with Crippen molar-refractivity contribution < 1.29 is 18.0 Å². The fourth-order valence-electron chi connectivity index (χ4n) is 2.37. The lowest BCUT2D eigenvalue weighted by Gasteiger charge is -2.24. The summed E-state index contributed by atoms with van der Waals surface area (Å²) in [5.41, 5.74) is 6.45. The zero-order valence-electron chi connectivity index (χ0n) is 14.2. The van der Waals surface area contributed by atoms with Gasteiger partial charge in [0.25, 0.3) is 5.91 Å². The molecule has 0 unspecified atom stereocenters. The predicted octanol–water partition coefficient (Wildman–Crippen LogP) is 2.15. The molecule has 0 bridgehead atoms. The molecule has 0 aromatic heterocycles. The summed E-state index contributed by atoms with van der Waals surface area (Å²) >= 11 is 6.06. The molecule has 0 aliphatic heterocycles. The first-order chi connectivity index (χ1) is 12.1. The Balaban J connectivity index is 2.32. The van der Waals surface area contributed by atoms with Crippen LogP contribution in [0.5, 0.6) is 0 Å². The van der Waals surface area contributed by atoms with Gasteiger partial charge in [-0.05, 0) is 36.8 Å². The smallest absolute Gasteiger partial charge is 0.250 e. The highest BCUT2D eigenvalue weighted by Crippen LogP contribution is 2.28. The molecule has 0 heterocycles. The van der Waals surface area contributed by atoms with Gasteiger partial charge in [0.1, 0.15) is 6.54 Å². The van der Waals surface area contributed by atoms with Gasteiger partial charge < -0.3 is 11.1 Å². The van der Waals surface area contributed by atoms with E-state index in [0.717, 1.165) is 10.6 Å². The second kappa shape index (κ2) is 7.76. The zero-order chi connectivity index (χ0) is 19.5. The Morgan fingerprint density at radius 2 is 1.81 bits per heavy atom. The molecule has 0 spiro atoms. The monoisotopic (exact) mass is 395 g/mol. The maximum atomic E-state index is 12.4. The molecule has 7 nitrogen and oxygen atoms in total. The van der Waals surface area contributed by atoms with Gasteiger partial charge in [-0.25, -0.2) is 8.42 Å². The number of hydrogen-bond donors (Lipinski definition) is 2. The highest BCUT2D eigenvalue weighted by Gasteiger charge is 2.23. The maximum absolute atomic E-state index is 12.4. The van der Waals surface area contributed by atoms with Gasteiger partial charge in [-0.1, -0.05) is 29.8 Å². The van der Waals surface area contributed by atoms with Crippen LogP contribution >= 0.6 is 11.6 Å². The zero-order valence-corrected chi connectivity index (χ0v) is 15.8. The molecular weight excluding hydrogens is 378 g/mol. The van der Waals surface area contributed by atoms with E-state index in [2.05, 4.69) is 5.32 Å². The highest BCUT2D eigenvalue weighted by atomic mass is 35.5. The van der Waals surface area contributed by atoms with E-state index in [4.69, 9.17) is 17.3 Å². The van der Waals surface area contributed by atoms with Gasteiger partial charge in [0.05, 0.1) is 23.2 Å². The first-order valence-electron chi connectivity index (χ1n) is 7.52. The molecule has 0 radical (unpaired) electrons. The highest BCUT2D eigenvalue weighted by molar-refractivity contribution is 7.92. The molecule has 2 aromatic rings. The number of nitrogens with zero attached hydrogens (tertiary/aromatic N) is 1. The Hall–Kier alpha value is -2.58. The van der Waals surface area contributed by atoms with Crippen LogP contribution in [0.3, 0.4) is 0 Å². The lowest BCUT2D eigenvalue weighted by Crippen LogP contribution is -2.38. The molecule has 138 valence electrons. The summed E-state index contributed by atoms with van der Waals surface area (Å²) in [6.07, 6.45) is 0.998. The number of halogens is 1. The van der Waals surface area contributed by atoms with Gasteiger partial charge in [-0.3, -0.25) is 13.9 Å². The molecule has 26 heavy (non-hydrogen) atoms. The van der Waals surface area contributed by atoms with E-state index >= 15 is 0 Å². The van der Waals surface area contributed by atoms with Crippen molar-refractivity contribution in [1.82, 2.24) is 0 Å². The maximum Gasteiger partial charge on any atom is 0.250 e. The van der Waals surface area contributed by atoms with Crippen molar-refractivity contribution in [2.75, 3.05) is 22.4 Å². The van der Waals surface area contributed by atoms with Crippen molar-refractivity contribution >= 4 is 44.8 Å². The minimum atomic E-state index is -3.75. The van der Waals surface area contributed by atoms with E-state index in [1.165, 1.54) is 12.1 Å². The number of rotatable bonds is 6. The Morgan fingerprint density at radius 1 is 1.15 bits per heavy atom. The molecule has 0 aliphatic carbocycles. The van der Waals surface area contributed by atoms with Crippen molar-refractivity contribution in [3.05, 3.63) is 58.6 Å². The normalized spacial score (nSPS) is 11.0. The predicted molar refractivity (Wildman–Crippen MR) is 102 cm³/mol. The number of sulfonamides is 1. The van der Waals surface area contributed by atoms with Crippen molar-refractivity contribution in [2.24, 2.45) is 5.73 Å². The van der Waals surface area contributed by atoms with Crippen molar-refractivity contribution in [1.29, 1.82) is 0 Å². The Kier molecular flexibility index (Phi) is 5.89. The second-order valence-electron chi connectivity index (χ2n) is 5.61. The molecule has 0 fully saturated rings. The third-order valence-electron chi connectivity index (χ3n) is 3.66. The molecule has 0 saturated carbocycles. The molecule has 2 rings (SSSR count). The molecule has 3 N–H and O–H groups in total. The van der Waals surface area contributed by atoms with E-state index in [-0.39, 0.29) is 11.3 Å². The molecule has 0 saturated heterocycles. The minimum absolute atomic E-state index is 0.130. The van der Waals surface area contributed by atoms with Crippen LogP contribution in [0.4, 0.5) is 11.4 Å². The van der Waals surface area contributed by atoms with Crippen LogP contribution in [-0.4, -0.2) is 33.0 Å². The van der Waals surface area contributed by atoms with Gasteiger partial charge >= 0.3 is 0 Å². The van der Waals surface area contributed by atoms with Crippen LogP contribution in [0.2, 0.25) is 5.02 Å². The van der Waals surface area contributed by atoms with Gasteiger partial charge in [0, 0.05) is 5.02 Å². The second-order valence-corrected chi connectivity index (χ2v) is 7.93. The third kappa shape index (κ3) is 4.53. The summed E-state index contributed by atoms with van der Waals surface area (Å²) in [6.45, 7) is 1.18. The van der Waals surface area contributed by atoms with Gasteiger partial charge in [-0.2, -0.15) is 0 Å². The molecule has 0 atom stereocenters. The van der Waals surface area contributed by atoms with E-state index < -0.39 is 28.4 Å². The lowest BCUT2D eigenvalue weighted by molar-refractivity contribution is -0.114. The number of primary amides is 1. The molecule has 0 aliphatic rings. The topological polar surface area (TPSA) is 110 Å². The Morgan fingerprint density at radius 3 is 2.42 bits per heavy atom. The number of amides is 2. The average molecular weight is 396 g/mol. The van der Waals surface area contributed by atoms with E-state index in [1.54, 1.807) is 37.3 Å². The van der Waals surface area contributed by atoms with Crippen LogP contribution in [0.25, 0.3) is 0 Å². The first kappa shape index (κ1) is 19.7. The first-order valence-corrected chi connectivity index (χ1v) is 9.75. The molecule has 2 amide bonds. The fraction of sp³-hybridized carbons (Fsp3) is 0.176.